The van der Waals surface area contributed by atoms with Crippen LogP contribution < -0.4 is 10.6 Å². The van der Waals surface area contributed by atoms with Gasteiger partial charge in [0.2, 0.25) is 21.8 Å². The topological polar surface area (TPSA) is 118 Å². The van der Waals surface area contributed by atoms with Gasteiger partial charge in [-0.25, -0.2) is 12.8 Å². The number of nitrogens with one attached hydrogen (secondary N) is 2. The molecule has 1 saturated heterocycles. The van der Waals surface area contributed by atoms with E-state index in [2.05, 4.69) is 10.6 Å². The Balaban J connectivity index is 1.54. The second-order valence-electron chi connectivity index (χ2n) is 6.60. The van der Waals surface area contributed by atoms with Crippen molar-refractivity contribution >= 4 is 33.6 Å². The van der Waals surface area contributed by atoms with Gasteiger partial charge in [0.1, 0.15) is 16.5 Å². The second kappa shape index (κ2) is 10.3. The molecule has 1 aliphatic heterocycles. The number of carbonyl (C=O) groups excluding carboxylic acids is 2. The van der Waals surface area contributed by atoms with Gasteiger partial charge in [-0.2, -0.15) is 4.31 Å². The largest absolute Gasteiger partial charge is 0.465 e. The molecule has 2 heterocycles. The third-order valence-corrected chi connectivity index (χ3v) is 6.31. The maximum atomic E-state index is 14.2. The molecule has 1 aliphatic rings. The number of hydrogen-bond donors (Lipinski definition) is 2. The van der Waals surface area contributed by atoms with Crippen molar-refractivity contribution in [2.45, 2.75) is 11.3 Å². The zero-order valence-electron chi connectivity index (χ0n) is 16.5. The molecule has 2 aromatic rings. The normalized spacial score (nSPS) is 15.1. The Hall–Kier alpha value is -3.02. The minimum Gasteiger partial charge on any atom is -0.465 e. The monoisotopic (exact) mass is 451 g/mol. The fourth-order valence-corrected chi connectivity index (χ4v) is 4.33. The Morgan fingerprint density at radius 3 is 2.68 bits per heavy atom. The van der Waals surface area contributed by atoms with Crippen LogP contribution in [0.25, 0.3) is 6.08 Å². The first-order valence-corrected chi connectivity index (χ1v) is 11.0. The number of halogens is 1. The molecule has 9 nitrogen and oxygen atoms in total. The smallest absolute Gasteiger partial charge is 0.246 e. The van der Waals surface area contributed by atoms with Crippen LogP contribution in [0, 0.1) is 5.82 Å². The third kappa shape index (κ3) is 6.23. The van der Waals surface area contributed by atoms with Crippen molar-refractivity contribution in [3.8, 4) is 0 Å². The molecule has 2 amide bonds. The van der Waals surface area contributed by atoms with Crippen molar-refractivity contribution in [1.29, 1.82) is 0 Å². The number of rotatable bonds is 8. The lowest BCUT2D eigenvalue weighted by atomic mass is 10.3. The van der Waals surface area contributed by atoms with Gasteiger partial charge in [0.25, 0.3) is 0 Å². The molecule has 11 heteroatoms. The minimum atomic E-state index is -4.05. The van der Waals surface area contributed by atoms with Crippen LogP contribution in [0.3, 0.4) is 0 Å². The van der Waals surface area contributed by atoms with Crippen LogP contribution >= 0.6 is 0 Å². The van der Waals surface area contributed by atoms with E-state index in [1.165, 1.54) is 24.5 Å². The van der Waals surface area contributed by atoms with E-state index in [1.54, 1.807) is 12.1 Å². The van der Waals surface area contributed by atoms with Gasteiger partial charge < -0.3 is 19.8 Å². The first-order chi connectivity index (χ1) is 14.9. The van der Waals surface area contributed by atoms with Gasteiger partial charge in [0.15, 0.2) is 0 Å². The van der Waals surface area contributed by atoms with Crippen LogP contribution in [-0.4, -0.2) is 57.4 Å². The highest BCUT2D eigenvalue weighted by atomic mass is 32.2. The summed E-state index contributed by atoms with van der Waals surface area (Å²) in [5, 5.41) is 5.06. The van der Waals surface area contributed by atoms with E-state index in [0.29, 0.717) is 5.76 Å². The van der Waals surface area contributed by atoms with Crippen LogP contribution in [0.1, 0.15) is 12.2 Å². The van der Waals surface area contributed by atoms with E-state index < -0.39 is 32.6 Å². The summed E-state index contributed by atoms with van der Waals surface area (Å²) in [7, 11) is -4.05. The fraction of sp³-hybridized carbons (Fsp3) is 0.300. The number of carbonyl (C=O) groups is 2. The van der Waals surface area contributed by atoms with Crippen LogP contribution in [0.5, 0.6) is 0 Å². The molecular weight excluding hydrogens is 429 g/mol. The molecular formula is C20H22FN3O6S. The highest BCUT2D eigenvalue weighted by Crippen LogP contribution is 2.24. The molecule has 1 aromatic heterocycles. The number of benzene rings is 1. The van der Waals surface area contributed by atoms with Gasteiger partial charge in [-0.3, -0.25) is 9.59 Å². The van der Waals surface area contributed by atoms with E-state index in [4.69, 9.17) is 9.15 Å². The van der Waals surface area contributed by atoms with Gasteiger partial charge >= 0.3 is 0 Å². The minimum absolute atomic E-state index is 0.0523. The van der Waals surface area contributed by atoms with Crippen LogP contribution in [0.15, 0.2) is 52.0 Å². The van der Waals surface area contributed by atoms with E-state index in [0.717, 1.165) is 16.4 Å². The Kier molecular flexibility index (Phi) is 7.55. The molecule has 0 radical (unpaired) electrons. The zero-order valence-corrected chi connectivity index (χ0v) is 17.4. The van der Waals surface area contributed by atoms with Crippen molar-refractivity contribution in [3.63, 3.8) is 0 Å². The summed E-state index contributed by atoms with van der Waals surface area (Å²) in [5.74, 6) is -1.24. The van der Waals surface area contributed by atoms with Crippen molar-refractivity contribution in [2.24, 2.45) is 0 Å². The van der Waals surface area contributed by atoms with Gasteiger partial charge in [-0.05, 0) is 36.4 Å². The van der Waals surface area contributed by atoms with E-state index >= 15 is 0 Å². The summed E-state index contributed by atoms with van der Waals surface area (Å²) in [6.07, 6.45) is 4.20. The lowest BCUT2D eigenvalue weighted by molar-refractivity contribution is -0.117. The van der Waals surface area contributed by atoms with Crippen molar-refractivity contribution in [1.82, 2.24) is 9.62 Å². The number of amides is 2. The molecule has 2 N–H and O–H groups in total. The van der Waals surface area contributed by atoms with Gasteiger partial charge in [0, 0.05) is 37.8 Å². The number of nitrogens with zero attached hydrogens (tertiary/aromatic N) is 1. The maximum absolute atomic E-state index is 14.2. The molecule has 0 aliphatic carbocycles. The molecule has 0 bridgehead atoms. The van der Waals surface area contributed by atoms with Gasteiger partial charge in [0.05, 0.1) is 19.5 Å². The summed E-state index contributed by atoms with van der Waals surface area (Å²) in [6, 6.07) is 6.73. The highest BCUT2D eigenvalue weighted by Gasteiger charge is 2.29. The molecule has 0 saturated carbocycles. The summed E-state index contributed by atoms with van der Waals surface area (Å²) < 4.78 is 50.9. The fourth-order valence-electron chi connectivity index (χ4n) is 2.83. The standard InChI is InChI=1S/C20H22FN3O6S/c21-17-5-3-15(14-18(17)31(27,28)24-9-12-29-13-10-24)23-20(26)7-8-22-19(25)6-4-16-2-1-11-30-16/h1-6,11,14H,7-10,12-13H2,(H,22,25)(H,23,26)/b6-4+. The zero-order chi connectivity index (χ0) is 22.3. The lowest BCUT2D eigenvalue weighted by Crippen LogP contribution is -2.40. The average Bonchev–Trinajstić information content (AvgIpc) is 3.28. The quantitative estimate of drug-likeness (QED) is 0.589. The van der Waals surface area contributed by atoms with E-state index in [9.17, 15) is 22.4 Å². The number of morpholine rings is 1. The van der Waals surface area contributed by atoms with Crippen molar-refractivity contribution in [3.05, 3.63) is 54.2 Å². The number of ether oxygens (including phenoxy) is 1. The Labute approximate surface area is 178 Å². The summed E-state index contributed by atoms with van der Waals surface area (Å²) in [4.78, 5) is 23.3. The molecule has 0 unspecified atom stereocenters. The Morgan fingerprint density at radius 1 is 1.19 bits per heavy atom. The number of hydrogen-bond acceptors (Lipinski definition) is 6. The highest BCUT2D eigenvalue weighted by molar-refractivity contribution is 7.89. The summed E-state index contributed by atoms with van der Waals surface area (Å²) in [5.41, 5.74) is 0.141. The maximum Gasteiger partial charge on any atom is 0.246 e. The Morgan fingerprint density at radius 2 is 1.97 bits per heavy atom. The molecule has 3 rings (SSSR count). The summed E-state index contributed by atoms with van der Waals surface area (Å²) >= 11 is 0. The number of furan rings is 1. The predicted molar refractivity (Wildman–Crippen MR) is 110 cm³/mol. The van der Waals surface area contributed by atoms with Gasteiger partial charge in [-0.1, -0.05) is 0 Å². The van der Waals surface area contributed by atoms with Crippen LogP contribution in [0.4, 0.5) is 10.1 Å². The second-order valence-corrected chi connectivity index (χ2v) is 8.51. The lowest BCUT2D eigenvalue weighted by Gasteiger charge is -2.26. The van der Waals surface area contributed by atoms with Crippen molar-refractivity contribution < 1.29 is 31.6 Å². The first-order valence-electron chi connectivity index (χ1n) is 9.53. The average molecular weight is 451 g/mol. The van der Waals surface area contributed by atoms with Gasteiger partial charge in [-0.15, -0.1) is 0 Å². The van der Waals surface area contributed by atoms with Crippen LogP contribution in [-0.2, 0) is 24.3 Å². The number of anilines is 1. The van der Waals surface area contributed by atoms with E-state index in [-0.39, 0.29) is 45.0 Å². The molecule has 1 aromatic carbocycles. The first kappa shape index (κ1) is 22.7. The molecule has 0 spiro atoms. The number of sulfonamides is 1. The SMILES string of the molecule is O=C(/C=C/c1ccco1)NCCC(=O)Nc1ccc(F)c(S(=O)(=O)N2CCOCC2)c1. The third-order valence-electron chi connectivity index (χ3n) is 4.40. The van der Waals surface area contributed by atoms with Crippen molar-refractivity contribution in [2.75, 3.05) is 38.2 Å². The molecule has 0 atom stereocenters. The summed E-state index contributed by atoms with van der Waals surface area (Å²) in [6.45, 7) is 0.797. The predicted octanol–water partition coefficient (Wildman–Crippen LogP) is 1.60. The Bertz CT molecular complexity index is 1050. The van der Waals surface area contributed by atoms with Crippen LogP contribution in [0.2, 0.25) is 0 Å². The molecule has 1 fully saturated rings. The molecule has 166 valence electrons. The van der Waals surface area contributed by atoms with E-state index in [1.807, 2.05) is 0 Å². The molecule has 31 heavy (non-hydrogen) atoms.